The van der Waals surface area contributed by atoms with Gasteiger partial charge in [0.05, 0.1) is 24.7 Å². The van der Waals surface area contributed by atoms with Crippen LogP contribution in [0.2, 0.25) is 5.15 Å². The van der Waals surface area contributed by atoms with Gasteiger partial charge < -0.3 is 20.3 Å². The zero-order valence-electron chi connectivity index (χ0n) is 13.2. The molecule has 0 amide bonds. The number of ether oxygens (including phenoxy) is 1. The van der Waals surface area contributed by atoms with Crippen molar-refractivity contribution < 1.29 is 14.9 Å². The van der Waals surface area contributed by atoms with Crippen molar-refractivity contribution in [3.05, 3.63) is 17.5 Å². The van der Waals surface area contributed by atoms with Crippen molar-refractivity contribution in [3.63, 3.8) is 0 Å². The lowest BCUT2D eigenvalue weighted by molar-refractivity contribution is -0.0432. The van der Waals surface area contributed by atoms with E-state index in [0.717, 1.165) is 24.0 Å². The van der Waals surface area contributed by atoms with Crippen molar-refractivity contribution in [1.29, 1.82) is 0 Å². The van der Waals surface area contributed by atoms with E-state index in [1.165, 1.54) is 12.8 Å². The molecular weight excluding hydrogens is 332 g/mol. The number of nitrogens with zero attached hydrogens (tertiary/aromatic N) is 3. The number of pyridine rings is 1. The summed E-state index contributed by atoms with van der Waals surface area (Å²) in [4.78, 5) is 8.87. The minimum Gasteiger partial charge on any atom is -0.394 e. The maximum absolute atomic E-state index is 9.95. The van der Waals surface area contributed by atoms with Crippen LogP contribution in [-0.4, -0.2) is 49.6 Å². The van der Waals surface area contributed by atoms with E-state index in [1.54, 1.807) is 17.0 Å². The van der Waals surface area contributed by atoms with Crippen LogP contribution in [0.15, 0.2) is 12.4 Å². The third-order valence-electron chi connectivity index (χ3n) is 4.91. The van der Waals surface area contributed by atoms with Gasteiger partial charge in [-0.25, -0.2) is 9.97 Å². The number of aliphatic hydroxyl groups is 2. The number of hydrogen-bond acceptors (Lipinski definition) is 6. The van der Waals surface area contributed by atoms with Crippen LogP contribution in [-0.2, 0) is 4.74 Å². The number of aromatic nitrogens is 3. The van der Waals surface area contributed by atoms with Crippen molar-refractivity contribution in [3.8, 4) is 0 Å². The zero-order valence-corrected chi connectivity index (χ0v) is 14.0. The normalized spacial score (nSPS) is 28.0. The Hall–Kier alpha value is -1.41. The molecule has 2 aromatic rings. The Morgan fingerprint density at radius 1 is 1.38 bits per heavy atom. The lowest BCUT2D eigenvalue weighted by atomic mass is 10.2. The summed E-state index contributed by atoms with van der Waals surface area (Å²) in [6, 6.07) is 2.25. The van der Waals surface area contributed by atoms with Gasteiger partial charge >= 0.3 is 0 Å². The summed E-state index contributed by atoms with van der Waals surface area (Å²) in [5.74, 6) is 0. The predicted octanol–water partition coefficient (Wildman–Crippen LogP) is 2.08. The molecule has 0 bridgehead atoms. The predicted molar refractivity (Wildman–Crippen MR) is 90.0 cm³/mol. The van der Waals surface area contributed by atoms with Gasteiger partial charge in [0.2, 0.25) is 0 Å². The zero-order chi connectivity index (χ0) is 16.7. The first-order chi connectivity index (χ1) is 11.7. The highest BCUT2D eigenvalue weighted by Gasteiger charge is 2.35. The smallest absolute Gasteiger partial charge is 0.165 e. The first-order valence-electron chi connectivity index (χ1n) is 8.39. The topological polar surface area (TPSA) is 92.4 Å². The fraction of sp³-hybridized carbons (Fsp3) is 0.625. The second kappa shape index (κ2) is 6.48. The minimum absolute atomic E-state index is 0.215. The maximum atomic E-state index is 9.95. The standard InChI is InChI=1S/C16H21ClN4O3/c17-13-5-10(19-9-3-1-2-4-9)15-16(20-13)21(8-18-15)14-6-11(23)12(7-22)24-14/h5,8-9,11-12,14,22-23H,1-4,6-7H2,(H,19,20)/t11-,12+,14+/m0/s1. The Kier molecular flexibility index (Phi) is 4.34. The van der Waals surface area contributed by atoms with Crippen LogP contribution >= 0.6 is 11.6 Å². The summed E-state index contributed by atoms with van der Waals surface area (Å²) in [6.45, 7) is -0.215. The molecule has 2 aromatic heterocycles. The van der Waals surface area contributed by atoms with Gasteiger partial charge in [-0.1, -0.05) is 24.4 Å². The molecule has 0 radical (unpaired) electrons. The van der Waals surface area contributed by atoms with E-state index in [1.807, 2.05) is 0 Å². The average molecular weight is 353 g/mol. The Bertz CT molecular complexity index is 731. The Morgan fingerprint density at radius 2 is 2.17 bits per heavy atom. The van der Waals surface area contributed by atoms with Crippen LogP contribution in [0.3, 0.4) is 0 Å². The highest BCUT2D eigenvalue weighted by atomic mass is 35.5. The summed E-state index contributed by atoms with van der Waals surface area (Å²) < 4.78 is 7.49. The molecule has 1 saturated carbocycles. The van der Waals surface area contributed by atoms with Crippen LogP contribution in [0.4, 0.5) is 5.69 Å². The Balaban J connectivity index is 1.67. The Labute approximate surface area is 144 Å². The second-order valence-corrected chi connectivity index (χ2v) is 6.94. The molecule has 4 rings (SSSR count). The van der Waals surface area contributed by atoms with Gasteiger partial charge in [0.25, 0.3) is 0 Å². The van der Waals surface area contributed by atoms with E-state index in [-0.39, 0.29) is 6.61 Å². The summed E-state index contributed by atoms with van der Waals surface area (Å²) in [7, 11) is 0. The number of rotatable bonds is 4. The lowest BCUT2D eigenvalue weighted by Gasteiger charge is -2.16. The highest BCUT2D eigenvalue weighted by Crippen LogP contribution is 2.34. The van der Waals surface area contributed by atoms with Crippen molar-refractivity contribution in [2.24, 2.45) is 0 Å². The second-order valence-electron chi connectivity index (χ2n) is 6.56. The Morgan fingerprint density at radius 3 is 2.88 bits per heavy atom. The first-order valence-corrected chi connectivity index (χ1v) is 8.77. The number of imidazole rings is 1. The maximum Gasteiger partial charge on any atom is 0.165 e. The van der Waals surface area contributed by atoms with Crippen LogP contribution in [0, 0.1) is 0 Å². The van der Waals surface area contributed by atoms with Gasteiger partial charge in [0.15, 0.2) is 5.65 Å². The van der Waals surface area contributed by atoms with Crippen molar-refractivity contribution in [2.45, 2.75) is 56.6 Å². The monoisotopic (exact) mass is 352 g/mol. The number of nitrogens with one attached hydrogen (secondary N) is 1. The number of fused-ring (bicyclic) bond motifs is 1. The van der Waals surface area contributed by atoms with Gasteiger partial charge in [0, 0.05) is 18.5 Å². The molecule has 1 aliphatic heterocycles. The molecule has 0 spiro atoms. The lowest BCUT2D eigenvalue weighted by Crippen LogP contribution is -2.24. The largest absolute Gasteiger partial charge is 0.394 e. The van der Waals surface area contributed by atoms with Gasteiger partial charge in [0.1, 0.15) is 23.0 Å². The molecule has 0 aromatic carbocycles. The molecule has 3 N–H and O–H groups in total. The fourth-order valence-corrected chi connectivity index (χ4v) is 3.83. The van der Waals surface area contributed by atoms with Gasteiger partial charge in [-0.05, 0) is 12.8 Å². The molecule has 1 saturated heterocycles. The molecule has 1 aliphatic carbocycles. The third-order valence-corrected chi connectivity index (χ3v) is 5.10. The molecule has 3 atom stereocenters. The van der Waals surface area contributed by atoms with Crippen LogP contribution in [0.1, 0.15) is 38.3 Å². The van der Waals surface area contributed by atoms with Crippen molar-refractivity contribution in [1.82, 2.24) is 14.5 Å². The van der Waals surface area contributed by atoms with Crippen molar-refractivity contribution >= 4 is 28.5 Å². The van der Waals surface area contributed by atoms with E-state index >= 15 is 0 Å². The molecule has 24 heavy (non-hydrogen) atoms. The average Bonchev–Trinajstić information content (AvgIpc) is 3.26. The quantitative estimate of drug-likeness (QED) is 0.730. The molecule has 3 heterocycles. The van der Waals surface area contributed by atoms with Crippen LogP contribution < -0.4 is 5.32 Å². The van der Waals surface area contributed by atoms with Crippen molar-refractivity contribution in [2.75, 3.05) is 11.9 Å². The van der Waals surface area contributed by atoms with E-state index in [9.17, 15) is 10.2 Å². The molecule has 2 fully saturated rings. The number of aliphatic hydroxyl groups excluding tert-OH is 2. The number of halogens is 1. The summed E-state index contributed by atoms with van der Waals surface area (Å²) in [6.07, 6.45) is 5.13. The highest BCUT2D eigenvalue weighted by molar-refractivity contribution is 6.30. The molecule has 0 unspecified atom stereocenters. The number of hydrogen-bond donors (Lipinski definition) is 3. The van der Waals surface area contributed by atoms with E-state index < -0.39 is 18.4 Å². The van der Waals surface area contributed by atoms with Crippen LogP contribution in [0.5, 0.6) is 0 Å². The molecule has 8 heteroatoms. The molecular formula is C16H21ClN4O3. The van der Waals surface area contributed by atoms with E-state index in [0.29, 0.717) is 23.3 Å². The molecule has 130 valence electrons. The van der Waals surface area contributed by atoms with Crippen LogP contribution in [0.25, 0.3) is 11.2 Å². The SMILES string of the molecule is OC[C@H]1O[C@@H](n2cnc3c(NC4CCCC4)cc(Cl)nc32)C[C@@H]1O. The summed E-state index contributed by atoms with van der Waals surface area (Å²) in [5, 5.41) is 23.1. The van der Waals surface area contributed by atoms with E-state index in [4.69, 9.17) is 16.3 Å². The third kappa shape index (κ3) is 2.86. The molecule has 2 aliphatic rings. The summed E-state index contributed by atoms with van der Waals surface area (Å²) >= 11 is 6.21. The minimum atomic E-state index is -0.701. The first kappa shape index (κ1) is 16.1. The van der Waals surface area contributed by atoms with Gasteiger partial charge in [-0.3, -0.25) is 4.57 Å². The van der Waals surface area contributed by atoms with E-state index in [2.05, 4.69) is 15.3 Å². The summed E-state index contributed by atoms with van der Waals surface area (Å²) in [5.41, 5.74) is 2.25. The van der Waals surface area contributed by atoms with Gasteiger partial charge in [-0.15, -0.1) is 0 Å². The number of anilines is 1. The van der Waals surface area contributed by atoms with Gasteiger partial charge in [-0.2, -0.15) is 0 Å². The molecule has 7 nitrogen and oxygen atoms in total. The fourth-order valence-electron chi connectivity index (χ4n) is 3.64.